The van der Waals surface area contributed by atoms with Crippen molar-refractivity contribution in [3.05, 3.63) is 16.1 Å². The maximum atomic E-state index is 5.42. The Morgan fingerprint density at radius 2 is 2.46 bits per heavy atom. The highest BCUT2D eigenvalue weighted by atomic mass is 127. The predicted molar refractivity (Wildman–Crippen MR) is 58.8 cm³/mol. The monoisotopic (exact) mass is 293 g/mol. The van der Waals surface area contributed by atoms with Crippen LogP contribution in [0.15, 0.2) is 12.5 Å². The normalized spacial score (nSPS) is 10.0. The molecule has 5 heteroatoms. The van der Waals surface area contributed by atoms with E-state index in [-0.39, 0.29) is 0 Å². The Labute approximate surface area is 91.3 Å². The van der Waals surface area contributed by atoms with Crippen molar-refractivity contribution < 1.29 is 4.74 Å². The van der Waals surface area contributed by atoms with Crippen molar-refractivity contribution >= 4 is 22.6 Å². The van der Waals surface area contributed by atoms with Gasteiger partial charge < -0.3 is 10.1 Å². The zero-order valence-electron chi connectivity index (χ0n) is 7.46. The molecule has 1 aromatic rings. The minimum Gasteiger partial charge on any atom is -0.475 e. The van der Waals surface area contributed by atoms with E-state index in [1.807, 2.05) is 0 Å². The standard InChI is InChI=1S/C8H12IN3O/c1-2-10-3-4-13-8-7(9)5-11-6-12-8/h5-6,10H,2-4H2,1H3. The van der Waals surface area contributed by atoms with Gasteiger partial charge in [0.05, 0.1) is 3.57 Å². The highest BCUT2D eigenvalue weighted by Crippen LogP contribution is 2.14. The summed E-state index contributed by atoms with van der Waals surface area (Å²) < 4.78 is 6.36. The van der Waals surface area contributed by atoms with Crippen LogP contribution in [-0.4, -0.2) is 29.7 Å². The van der Waals surface area contributed by atoms with Crippen LogP contribution in [0.4, 0.5) is 0 Å². The first kappa shape index (κ1) is 10.6. The Morgan fingerprint density at radius 3 is 3.15 bits per heavy atom. The molecule has 1 aromatic heterocycles. The second-order valence-electron chi connectivity index (χ2n) is 2.38. The summed E-state index contributed by atoms with van der Waals surface area (Å²) >= 11 is 2.15. The van der Waals surface area contributed by atoms with Gasteiger partial charge in [-0.25, -0.2) is 9.97 Å². The van der Waals surface area contributed by atoms with Crippen LogP contribution in [0.1, 0.15) is 6.92 Å². The van der Waals surface area contributed by atoms with Gasteiger partial charge in [0.2, 0.25) is 5.88 Å². The molecular formula is C8H12IN3O. The summed E-state index contributed by atoms with van der Waals surface area (Å²) in [6, 6.07) is 0. The van der Waals surface area contributed by atoms with E-state index in [4.69, 9.17) is 4.74 Å². The molecule has 0 spiro atoms. The Bertz CT molecular complexity index is 257. The summed E-state index contributed by atoms with van der Waals surface area (Å²) in [4.78, 5) is 7.88. The second kappa shape index (κ2) is 6.09. The summed E-state index contributed by atoms with van der Waals surface area (Å²) in [5, 5.41) is 3.17. The molecule has 0 aliphatic rings. The lowest BCUT2D eigenvalue weighted by molar-refractivity contribution is 0.300. The van der Waals surface area contributed by atoms with Crippen LogP contribution in [0.2, 0.25) is 0 Å². The second-order valence-corrected chi connectivity index (χ2v) is 3.54. The van der Waals surface area contributed by atoms with Crippen LogP contribution >= 0.6 is 22.6 Å². The van der Waals surface area contributed by atoms with Crippen molar-refractivity contribution in [3.63, 3.8) is 0 Å². The highest BCUT2D eigenvalue weighted by molar-refractivity contribution is 14.1. The molecule has 0 aliphatic carbocycles. The molecule has 0 atom stereocenters. The topological polar surface area (TPSA) is 47.0 Å². The van der Waals surface area contributed by atoms with E-state index in [0.29, 0.717) is 12.5 Å². The smallest absolute Gasteiger partial charge is 0.230 e. The zero-order chi connectivity index (χ0) is 9.52. The van der Waals surface area contributed by atoms with Crippen LogP contribution in [-0.2, 0) is 0 Å². The fourth-order valence-electron chi connectivity index (χ4n) is 0.804. The molecule has 13 heavy (non-hydrogen) atoms. The molecule has 1 N–H and O–H groups in total. The fraction of sp³-hybridized carbons (Fsp3) is 0.500. The van der Waals surface area contributed by atoms with Gasteiger partial charge in [0.1, 0.15) is 12.9 Å². The van der Waals surface area contributed by atoms with E-state index in [9.17, 15) is 0 Å². The third-order valence-corrected chi connectivity index (χ3v) is 2.14. The lowest BCUT2D eigenvalue weighted by Gasteiger charge is -2.05. The van der Waals surface area contributed by atoms with E-state index in [1.165, 1.54) is 6.33 Å². The summed E-state index contributed by atoms with van der Waals surface area (Å²) in [7, 11) is 0. The SMILES string of the molecule is CCNCCOc1ncncc1I. The summed E-state index contributed by atoms with van der Waals surface area (Å²) in [5.41, 5.74) is 0. The number of aromatic nitrogens is 2. The number of likely N-dealkylation sites (N-methyl/N-ethyl adjacent to an activating group) is 1. The number of nitrogens with one attached hydrogen (secondary N) is 1. The Balaban J connectivity index is 2.32. The number of ether oxygens (including phenoxy) is 1. The fourth-order valence-corrected chi connectivity index (χ4v) is 1.26. The molecule has 0 aromatic carbocycles. The quantitative estimate of drug-likeness (QED) is 0.651. The van der Waals surface area contributed by atoms with E-state index in [0.717, 1.165) is 16.7 Å². The third-order valence-electron chi connectivity index (χ3n) is 1.40. The summed E-state index contributed by atoms with van der Waals surface area (Å²) in [5.74, 6) is 0.661. The average Bonchev–Trinajstić information content (AvgIpc) is 2.15. The number of hydrogen-bond acceptors (Lipinski definition) is 4. The molecule has 0 fully saturated rings. The van der Waals surface area contributed by atoms with Crippen LogP contribution in [0, 0.1) is 3.57 Å². The van der Waals surface area contributed by atoms with Crippen LogP contribution in [0.3, 0.4) is 0 Å². The largest absolute Gasteiger partial charge is 0.475 e. The molecule has 0 aliphatic heterocycles. The molecular weight excluding hydrogens is 281 g/mol. The van der Waals surface area contributed by atoms with Crippen LogP contribution in [0.25, 0.3) is 0 Å². The Morgan fingerprint density at radius 1 is 1.62 bits per heavy atom. The van der Waals surface area contributed by atoms with Gasteiger partial charge in [-0.05, 0) is 29.1 Å². The molecule has 72 valence electrons. The van der Waals surface area contributed by atoms with Gasteiger partial charge in [-0.1, -0.05) is 6.92 Å². The summed E-state index contributed by atoms with van der Waals surface area (Å²) in [6.45, 7) is 4.51. The van der Waals surface area contributed by atoms with E-state index < -0.39 is 0 Å². The first-order valence-electron chi connectivity index (χ1n) is 4.13. The maximum Gasteiger partial charge on any atom is 0.230 e. The highest BCUT2D eigenvalue weighted by Gasteiger charge is 1.99. The van der Waals surface area contributed by atoms with Crippen molar-refractivity contribution in [2.24, 2.45) is 0 Å². The van der Waals surface area contributed by atoms with Gasteiger partial charge >= 0.3 is 0 Å². The van der Waals surface area contributed by atoms with Crippen molar-refractivity contribution in [1.82, 2.24) is 15.3 Å². The van der Waals surface area contributed by atoms with Crippen molar-refractivity contribution in [2.75, 3.05) is 19.7 Å². The molecule has 0 radical (unpaired) electrons. The first-order chi connectivity index (χ1) is 6.34. The van der Waals surface area contributed by atoms with E-state index in [2.05, 4.69) is 44.8 Å². The summed E-state index contributed by atoms with van der Waals surface area (Å²) in [6.07, 6.45) is 3.22. The molecule has 0 saturated heterocycles. The molecule has 0 bridgehead atoms. The molecule has 1 heterocycles. The predicted octanol–water partition coefficient (Wildman–Crippen LogP) is 1.07. The van der Waals surface area contributed by atoms with Crippen molar-refractivity contribution in [2.45, 2.75) is 6.92 Å². The van der Waals surface area contributed by atoms with Gasteiger partial charge in [-0.15, -0.1) is 0 Å². The third kappa shape index (κ3) is 3.86. The number of hydrogen-bond donors (Lipinski definition) is 1. The van der Waals surface area contributed by atoms with E-state index in [1.54, 1.807) is 6.20 Å². The average molecular weight is 293 g/mol. The molecule has 0 saturated carbocycles. The van der Waals surface area contributed by atoms with Gasteiger partial charge in [0, 0.05) is 12.7 Å². The first-order valence-corrected chi connectivity index (χ1v) is 5.21. The minimum atomic E-state index is 0.640. The Kier molecular flexibility index (Phi) is 4.99. The van der Waals surface area contributed by atoms with Gasteiger partial charge in [0.15, 0.2) is 0 Å². The van der Waals surface area contributed by atoms with Crippen LogP contribution in [0.5, 0.6) is 5.88 Å². The van der Waals surface area contributed by atoms with Crippen molar-refractivity contribution in [3.8, 4) is 5.88 Å². The van der Waals surface area contributed by atoms with Gasteiger partial charge in [-0.3, -0.25) is 0 Å². The Hall–Kier alpha value is -0.430. The van der Waals surface area contributed by atoms with Crippen LogP contribution < -0.4 is 10.1 Å². The van der Waals surface area contributed by atoms with Gasteiger partial charge in [0.25, 0.3) is 0 Å². The molecule has 4 nitrogen and oxygen atoms in total. The number of rotatable bonds is 5. The van der Waals surface area contributed by atoms with Crippen molar-refractivity contribution in [1.29, 1.82) is 0 Å². The lowest BCUT2D eigenvalue weighted by atomic mass is 10.6. The molecule has 0 unspecified atom stereocenters. The van der Waals surface area contributed by atoms with Gasteiger partial charge in [-0.2, -0.15) is 0 Å². The molecule has 0 amide bonds. The zero-order valence-corrected chi connectivity index (χ0v) is 9.61. The molecule has 1 rings (SSSR count). The van der Waals surface area contributed by atoms with E-state index >= 15 is 0 Å². The number of halogens is 1. The lowest BCUT2D eigenvalue weighted by Crippen LogP contribution is -2.20. The minimum absolute atomic E-state index is 0.640. The maximum absolute atomic E-state index is 5.42. The number of nitrogens with zero attached hydrogens (tertiary/aromatic N) is 2.